The van der Waals surface area contributed by atoms with Crippen LogP contribution in [0, 0.1) is 5.92 Å². The molecule has 28 heteroatoms. The molecule has 0 aromatic carbocycles. The molecule has 102 heavy (non-hydrogen) atoms. The highest BCUT2D eigenvalue weighted by atomic mass is 32.2. The minimum atomic E-state index is -2.42. The van der Waals surface area contributed by atoms with Gasteiger partial charge in [0.25, 0.3) is 11.8 Å². The van der Waals surface area contributed by atoms with Gasteiger partial charge in [0.15, 0.2) is 0 Å². The van der Waals surface area contributed by atoms with E-state index in [9.17, 15) is 22.0 Å². The Bertz CT molecular complexity index is 1430. The maximum Gasteiger partial charge on any atom is 0.261 e. The summed E-state index contributed by atoms with van der Waals surface area (Å²) in [4.78, 5) is 4.94. The predicted molar refractivity (Wildman–Crippen MR) is 427 cm³/mol. The van der Waals surface area contributed by atoms with Crippen molar-refractivity contribution >= 4 is 11.8 Å². The second-order valence-corrected chi connectivity index (χ2v) is 28.8. The monoisotopic (exact) mass is 1500 g/mol. The summed E-state index contributed by atoms with van der Waals surface area (Å²) in [7, 11) is 13.3. The number of hydrogen-bond donors (Lipinski definition) is 16. The van der Waals surface area contributed by atoms with Gasteiger partial charge >= 0.3 is 0 Å². The minimum Gasteiger partial charge on any atom is -0.383 e. The topological polar surface area (TPSA) is 236 Å². The van der Waals surface area contributed by atoms with Crippen molar-refractivity contribution < 1.29 is 40.9 Å². The first kappa shape index (κ1) is 103. The fourth-order valence-electron chi connectivity index (χ4n) is 10.5. The highest BCUT2D eigenvalue weighted by Crippen LogP contribution is 2.26. The molecule has 16 N–H and O–H groups in total. The van der Waals surface area contributed by atoms with Crippen LogP contribution in [0.15, 0.2) is 0 Å². The average molecular weight is 1500 g/mol. The molecule has 2 aliphatic carbocycles. The van der Waals surface area contributed by atoms with Crippen LogP contribution in [0.1, 0.15) is 143 Å². The van der Waals surface area contributed by atoms with Crippen molar-refractivity contribution in [1.29, 1.82) is 0 Å². The fraction of sp³-hybridized carbons (Fsp3) is 1.00. The quantitative estimate of drug-likeness (QED) is 0.113. The molecule has 2 saturated carbocycles. The standard InChI is InChI=1S/C7H14N2.C6H13NO.C6H13N.C5H9F2N.C5H10FN.C5H12N2.C5H11NO.C5H11N.C4H7F2N.C4H9NO.C4H11NO.C4H9NS.2C4H9N.C4H11N.C2H7N/c1-2-7(1)9-5-3-8-4-6-9;1-8-6-2-4-7-5-3-6;1-6-2-4-7-5-3-6;6-5(7)1-3-8-4-2-5;6-5-1-3-7-4-2-5;1-7-4-2-6-3-5-7;1-5-4-7-3-2-6-5;1-2-4-6-5-3-1;5-4(6)1-2-7-3-4;1-3-6-4-2-5-1;1-5-3-4-6-2;1-3-6-4-2-5-1;1-5-4-2-3-4;1-2-4-5-3-1;1-3-5-4-2;1-3-2/h7-8H,1-6H2;6-7H,2-5H2,1H3;6-7H,2-5H2,1H3;8H,1-4H2;5,7H,1-4H2;6H,2-5H2,1H3;5-6H,2-4H2,1H3;6H,1-5H2;7H,1-3H2;5H,1-4H2;5H,3-4H2,1-2H3;5H,1-4H2;4-5H,2-3H2,1H3;5H,1-4H2;5H,3-4H2,1-2H3;3H,1-2H3/t;;;;;;5-;;;;;;;;;/m......0........./s1. The zero-order valence-electron chi connectivity index (χ0n) is 67.2. The first-order valence-electron chi connectivity index (χ1n) is 40.3. The lowest BCUT2D eigenvalue weighted by Crippen LogP contribution is -2.44. The largest absolute Gasteiger partial charge is 0.383 e. The number of thioether (sulfide) groups is 1. The van der Waals surface area contributed by atoms with Gasteiger partial charge in [0, 0.05) is 174 Å². The first-order valence-corrected chi connectivity index (χ1v) is 41.4. The number of nitrogens with zero attached hydrogens (tertiary/aromatic N) is 2. The number of alkyl halides is 5. The van der Waals surface area contributed by atoms with Crippen molar-refractivity contribution in [3.8, 4) is 0 Å². The van der Waals surface area contributed by atoms with Gasteiger partial charge in [0.2, 0.25) is 0 Å². The summed E-state index contributed by atoms with van der Waals surface area (Å²) in [6, 6.07) is 2.43. The number of halogens is 5. The predicted octanol–water partition coefficient (Wildman–Crippen LogP) is 5.02. The van der Waals surface area contributed by atoms with Crippen LogP contribution < -0.4 is 85.1 Å². The average Bonchev–Trinajstić information content (AvgIpc) is 1.72. The number of methoxy groups -OCH3 is 2. The third-order valence-electron chi connectivity index (χ3n) is 17.5. The molecule has 0 radical (unpaired) electrons. The summed E-state index contributed by atoms with van der Waals surface area (Å²) in [5, 5.41) is 49.8. The third-order valence-corrected chi connectivity index (χ3v) is 18.4. The molecule has 0 aromatic heterocycles. The lowest BCUT2D eigenvalue weighted by atomic mass is 10.0. The zero-order chi connectivity index (χ0) is 75.4. The SMILES string of the molecule is C1CCNC1.C1CCNCC1.C1CN(C2CC2)CCN1.C1COCCN1.C1CSCCN1.CC1CCNCC1.CCNCC.CN1CCNCC1.CNC.CNC1CC1.CNCCOC.COC1CCNCC1.C[C@H]1COCCN1.FC1(F)CCNC1.FC1(F)CCNCC1.FC1CCNCC1. The molecule has 12 saturated heterocycles. The number of piperazine rings is 2. The molecule has 616 valence electrons. The van der Waals surface area contributed by atoms with Crippen molar-refractivity contribution in [1.82, 2.24) is 94.9 Å². The second-order valence-electron chi connectivity index (χ2n) is 27.5. The summed E-state index contributed by atoms with van der Waals surface area (Å²) in [6.07, 6.45) is 19.2. The molecule has 1 atom stereocenters. The molecule has 0 amide bonds. The van der Waals surface area contributed by atoms with Crippen LogP contribution >= 0.6 is 11.8 Å². The van der Waals surface area contributed by atoms with Crippen LogP contribution in [-0.2, 0) is 18.9 Å². The van der Waals surface area contributed by atoms with E-state index in [0.29, 0.717) is 44.6 Å². The first-order chi connectivity index (χ1) is 49.6. The summed E-state index contributed by atoms with van der Waals surface area (Å²) in [5.41, 5.74) is 0. The lowest BCUT2D eigenvalue weighted by Gasteiger charge is -2.26. The Labute approximate surface area is 626 Å². The van der Waals surface area contributed by atoms with Crippen LogP contribution in [0.5, 0.6) is 0 Å². The number of nitrogens with one attached hydrogen (secondary N) is 16. The molecule has 0 spiro atoms. The van der Waals surface area contributed by atoms with E-state index in [1.807, 2.05) is 40.0 Å². The smallest absolute Gasteiger partial charge is 0.261 e. The van der Waals surface area contributed by atoms with Gasteiger partial charge < -0.3 is 109 Å². The molecule has 14 rings (SSSR count). The number of ether oxygens (including phenoxy) is 4. The molecule has 0 bridgehead atoms. The van der Waals surface area contributed by atoms with Crippen molar-refractivity contribution in [2.24, 2.45) is 5.92 Å². The van der Waals surface area contributed by atoms with Gasteiger partial charge in [-0.05, 0) is 217 Å². The molecular weight excluding hydrogens is 1330 g/mol. The van der Waals surface area contributed by atoms with E-state index >= 15 is 0 Å². The van der Waals surface area contributed by atoms with Gasteiger partial charge in [0.1, 0.15) is 6.17 Å². The van der Waals surface area contributed by atoms with Gasteiger partial charge in [-0.1, -0.05) is 27.2 Å². The number of hydrogen-bond acceptors (Lipinski definition) is 23. The molecule has 14 aliphatic rings. The number of morpholine rings is 2. The molecule has 14 fully saturated rings. The molecular formula is C74H165F5N18O4S. The summed E-state index contributed by atoms with van der Waals surface area (Å²) in [5.74, 6) is -1.22. The van der Waals surface area contributed by atoms with E-state index in [-0.39, 0.29) is 25.8 Å². The van der Waals surface area contributed by atoms with Crippen LogP contribution in [0.3, 0.4) is 0 Å². The van der Waals surface area contributed by atoms with Crippen LogP contribution in [0.4, 0.5) is 22.0 Å². The van der Waals surface area contributed by atoms with Gasteiger partial charge in [-0.25, -0.2) is 22.0 Å². The molecule has 0 unspecified atom stereocenters. The number of likely N-dealkylation sites (N-methyl/N-ethyl adjacent to an activating group) is 2. The summed E-state index contributed by atoms with van der Waals surface area (Å²) >= 11 is 2.03. The maximum atomic E-state index is 12.2. The van der Waals surface area contributed by atoms with Gasteiger partial charge in [0.05, 0.1) is 45.7 Å². The Kier molecular flexibility index (Phi) is 80.6. The fourth-order valence-corrected chi connectivity index (χ4v) is 11.2. The van der Waals surface area contributed by atoms with Crippen molar-refractivity contribution in [2.75, 3.05) is 290 Å². The van der Waals surface area contributed by atoms with Gasteiger partial charge in [-0.2, -0.15) is 11.8 Å². The zero-order valence-corrected chi connectivity index (χ0v) is 68.0. The van der Waals surface area contributed by atoms with Crippen molar-refractivity contribution in [2.45, 2.75) is 186 Å². The molecule has 12 aliphatic heterocycles. The van der Waals surface area contributed by atoms with E-state index in [1.54, 1.807) is 14.2 Å². The van der Waals surface area contributed by atoms with E-state index in [4.69, 9.17) is 18.9 Å². The van der Waals surface area contributed by atoms with Gasteiger partial charge in [-0.3, -0.25) is 4.90 Å². The van der Waals surface area contributed by atoms with Crippen molar-refractivity contribution in [3.63, 3.8) is 0 Å². The summed E-state index contributed by atoms with van der Waals surface area (Å²) < 4.78 is 80.2. The van der Waals surface area contributed by atoms with Crippen LogP contribution in [-0.4, -0.2) is 342 Å². The minimum absolute atomic E-state index is 0.00694. The Morgan fingerprint density at radius 1 is 0.490 bits per heavy atom. The Morgan fingerprint density at radius 2 is 0.931 bits per heavy atom. The number of rotatable bonds is 8. The molecule has 12 heterocycles. The Morgan fingerprint density at radius 3 is 1.14 bits per heavy atom. The highest BCUT2D eigenvalue weighted by Gasteiger charge is 2.33. The van der Waals surface area contributed by atoms with E-state index in [2.05, 4.69) is 130 Å². The van der Waals surface area contributed by atoms with E-state index in [1.165, 1.54) is 187 Å². The summed E-state index contributed by atoms with van der Waals surface area (Å²) in [6.45, 7) is 44.0. The third kappa shape index (κ3) is 81.6. The Balaban J connectivity index is 0. The highest BCUT2D eigenvalue weighted by molar-refractivity contribution is 7.99. The van der Waals surface area contributed by atoms with Crippen molar-refractivity contribution in [3.05, 3.63) is 0 Å². The molecule has 22 nitrogen and oxygen atoms in total. The second kappa shape index (κ2) is 79.7. The van der Waals surface area contributed by atoms with E-state index < -0.39 is 18.0 Å². The Hall–Kier alpha value is -0.880. The van der Waals surface area contributed by atoms with E-state index in [0.717, 1.165) is 130 Å². The van der Waals surface area contributed by atoms with Gasteiger partial charge in [-0.15, -0.1) is 0 Å². The lowest BCUT2D eigenvalue weighted by molar-refractivity contribution is -0.0274. The van der Waals surface area contributed by atoms with Crippen LogP contribution in [0.2, 0.25) is 0 Å². The molecule has 0 aromatic rings. The van der Waals surface area contributed by atoms with Crippen LogP contribution in [0.25, 0.3) is 0 Å². The number of piperidine rings is 5. The maximum absolute atomic E-state index is 12.2. The normalized spacial score (nSPS) is 23.8.